The number of esters is 3. The van der Waals surface area contributed by atoms with Crippen molar-refractivity contribution >= 4 is 17.9 Å². The Balaban J connectivity index is 4.39. The standard InChI is InChI=1S/C58H104O6/c1-4-7-10-13-16-19-22-25-27-28-29-30-32-33-36-39-42-45-48-51-57(60)63-54-55(53-62-56(59)50-47-44-41-38-35-24-21-18-15-12-9-6-3)64-58(61)52-49-46-43-40-37-34-31-26-23-20-17-14-11-8-5-2/h16,19,25,27,29-30,33,36,55H,4-15,17-18,20-24,26,28,31-32,34-35,37-54H2,1-3H3/b19-16-,27-25-,30-29-,36-33-/t55-/m0/s1. The van der Waals surface area contributed by atoms with Crippen molar-refractivity contribution in [2.45, 2.75) is 290 Å². The summed E-state index contributed by atoms with van der Waals surface area (Å²) in [5, 5.41) is 0. The van der Waals surface area contributed by atoms with E-state index in [2.05, 4.69) is 69.4 Å². The Morgan fingerprint density at radius 2 is 0.562 bits per heavy atom. The summed E-state index contributed by atoms with van der Waals surface area (Å²) in [6, 6.07) is 0. The third kappa shape index (κ3) is 50.4. The number of ether oxygens (including phenoxy) is 3. The van der Waals surface area contributed by atoms with Crippen molar-refractivity contribution in [3.63, 3.8) is 0 Å². The summed E-state index contributed by atoms with van der Waals surface area (Å²) in [4.78, 5) is 38.0. The topological polar surface area (TPSA) is 78.9 Å². The van der Waals surface area contributed by atoms with Gasteiger partial charge >= 0.3 is 17.9 Å². The highest BCUT2D eigenvalue weighted by Gasteiger charge is 2.19. The van der Waals surface area contributed by atoms with Crippen LogP contribution >= 0.6 is 0 Å². The molecule has 0 aromatic carbocycles. The van der Waals surface area contributed by atoms with Gasteiger partial charge in [-0.3, -0.25) is 14.4 Å². The second-order valence-electron chi connectivity index (χ2n) is 18.5. The van der Waals surface area contributed by atoms with E-state index >= 15 is 0 Å². The summed E-state index contributed by atoms with van der Waals surface area (Å²) < 4.78 is 16.8. The first-order chi connectivity index (χ1) is 31.5. The Morgan fingerprint density at radius 1 is 0.312 bits per heavy atom. The zero-order valence-electron chi connectivity index (χ0n) is 42.6. The zero-order valence-corrected chi connectivity index (χ0v) is 42.6. The zero-order chi connectivity index (χ0) is 46.5. The van der Waals surface area contributed by atoms with Crippen molar-refractivity contribution in [3.8, 4) is 0 Å². The van der Waals surface area contributed by atoms with Gasteiger partial charge in [0.1, 0.15) is 13.2 Å². The molecule has 0 aliphatic heterocycles. The van der Waals surface area contributed by atoms with Crippen molar-refractivity contribution in [3.05, 3.63) is 48.6 Å². The van der Waals surface area contributed by atoms with Crippen molar-refractivity contribution in [1.82, 2.24) is 0 Å². The average Bonchev–Trinajstić information content (AvgIpc) is 3.29. The second kappa shape index (κ2) is 53.0. The van der Waals surface area contributed by atoms with E-state index < -0.39 is 6.10 Å². The van der Waals surface area contributed by atoms with Crippen LogP contribution in [0.15, 0.2) is 48.6 Å². The molecule has 0 bridgehead atoms. The van der Waals surface area contributed by atoms with E-state index in [-0.39, 0.29) is 31.1 Å². The SMILES string of the molecule is CCCCC/C=C\C/C=C\C/C=C\C/C=C\CCCCCC(=O)OC[C@H](COC(=O)CCCCCCCCCCCCCC)OC(=O)CCCCCCCCCCCCCCCCC. The van der Waals surface area contributed by atoms with Crippen LogP contribution in [0.3, 0.4) is 0 Å². The van der Waals surface area contributed by atoms with Gasteiger partial charge in [-0.15, -0.1) is 0 Å². The van der Waals surface area contributed by atoms with Crippen molar-refractivity contribution < 1.29 is 28.6 Å². The summed E-state index contributed by atoms with van der Waals surface area (Å²) in [6.07, 6.45) is 63.8. The van der Waals surface area contributed by atoms with Gasteiger partial charge in [-0.05, 0) is 64.2 Å². The molecule has 0 aliphatic carbocycles. The number of unbranched alkanes of at least 4 members (excludes halogenated alkanes) is 31. The van der Waals surface area contributed by atoms with Gasteiger partial charge in [0.05, 0.1) is 0 Å². The highest BCUT2D eigenvalue weighted by atomic mass is 16.6. The van der Waals surface area contributed by atoms with E-state index in [1.807, 2.05) is 0 Å². The minimum Gasteiger partial charge on any atom is -0.462 e. The Labute approximate surface area is 397 Å². The van der Waals surface area contributed by atoms with E-state index in [1.165, 1.54) is 161 Å². The van der Waals surface area contributed by atoms with Crippen molar-refractivity contribution in [2.75, 3.05) is 13.2 Å². The molecule has 0 N–H and O–H groups in total. The second-order valence-corrected chi connectivity index (χ2v) is 18.5. The van der Waals surface area contributed by atoms with Crippen LogP contribution in [0.4, 0.5) is 0 Å². The molecule has 372 valence electrons. The van der Waals surface area contributed by atoms with Gasteiger partial charge in [0.15, 0.2) is 6.10 Å². The first kappa shape index (κ1) is 61.4. The van der Waals surface area contributed by atoms with Crippen LogP contribution in [0, 0.1) is 0 Å². The van der Waals surface area contributed by atoms with E-state index in [4.69, 9.17) is 14.2 Å². The van der Waals surface area contributed by atoms with Crippen LogP contribution in [0.25, 0.3) is 0 Å². The van der Waals surface area contributed by atoms with E-state index in [9.17, 15) is 14.4 Å². The molecule has 1 atom stereocenters. The lowest BCUT2D eigenvalue weighted by Crippen LogP contribution is -2.30. The molecule has 0 radical (unpaired) electrons. The predicted molar refractivity (Wildman–Crippen MR) is 275 cm³/mol. The Kier molecular flexibility index (Phi) is 50.8. The average molecular weight is 897 g/mol. The molecule has 0 aliphatic rings. The fourth-order valence-corrected chi connectivity index (χ4v) is 7.90. The first-order valence-corrected chi connectivity index (χ1v) is 27.6. The van der Waals surface area contributed by atoms with E-state index in [0.29, 0.717) is 19.3 Å². The molecule has 0 aromatic heterocycles. The molecule has 0 fully saturated rings. The van der Waals surface area contributed by atoms with Gasteiger partial charge in [0.2, 0.25) is 0 Å². The molecule has 0 saturated carbocycles. The van der Waals surface area contributed by atoms with Crippen LogP contribution in [-0.4, -0.2) is 37.2 Å². The lowest BCUT2D eigenvalue weighted by atomic mass is 10.0. The number of allylic oxidation sites excluding steroid dienone is 8. The fraction of sp³-hybridized carbons (Fsp3) is 0.810. The molecule has 64 heavy (non-hydrogen) atoms. The number of hydrogen-bond acceptors (Lipinski definition) is 6. The summed E-state index contributed by atoms with van der Waals surface area (Å²) in [7, 11) is 0. The third-order valence-electron chi connectivity index (χ3n) is 12.1. The van der Waals surface area contributed by atoms with Crippen molar-refractivity contribution in [1.29, 1.82) is 0 Å². The van der Waals surface area contributed by atoms with Crippen LogP contribution in [0.1, 0.15) is 284 Å². The normalized spacial score (nSPS) is 12.4. The van der Waals surface area contributed by atoms with Gasteiger partial charge in [-0.2, -0.15) is 0 Å². The highest BCUT2D eigenvalue weighted by molar-refractivity contribution is 5.71. The molecule has 6 heteroatoms. The smallest absolute Gasteiger partial charge is 0.306 e. The van der Waals surface area contributed by atoms with Gasteiger partial charge in [-0.1, -0.05) is 249 Å². The summed E-state index contributed by atoms with van der Waals surface area (Å²) in [6.45, 7) is 6.61. The highest BCUT2D eigenvalue weighted by Crippen LogP contribution is 2.16. The molecular formula is C58H104O6. The molecule has 6 nitrogen and oxygen atoms in total. The monoisotopic (exact) mass is 897 g/mol. The Bertz CT molecular complexity index is 1120. The largest absolute Gasteiger partial charge is 0.462 e. The lowest BCUT2D eigenvalue weighted by molar-refractivity contribution is -0.167. The van der Waals surface area contributed by atoms with E-state index in [1.54, 1.807) is 0 Å². The molecule has 0 heterocycles. The minimum atomic E-state index is -0.781. The predicted octanol–water partition coefficient (Wildman–Crippen LogP) is 18.3. The maximum absolute atomic E-state index is 12.8. The molecule has 0 amide bonds. The molecule has 0 rings (SSSR count). The minimum absolute atomic E-state index is 0.0793. The Hall–Kier alpha value is -2.63. The number of hydrogen-bond donors (Lipinski definition) is 0. The molecular weight excluding hydrogens is 793 g/mol. The molecule has 0 aromatic rings. The first-order valence-electron chi connectivity index (χ1n) is 27.6. The third-order valence-corrected chi connectivity index (χ3v) is 12.1. The maximum atomic E-state index is 12.8. The number of carbonyl (C=O) groups is 3. The molecule has 0 saturated heterocycles. The summed E-state index contributed by atoms with van der Waals surface area (Å²) in [5.41, 5.74) is 0. The van der Waals surface area contributed by atoms with Crippen LogP contribution in [0.5, 0.6) is 0 Å². The van der Waals surface area contributed by atoms with Gasteiger partial charge < -0.3 is 14.2 Å². The lowest BCUT2D eigenvalue weighted by Gasteiger charge is -2.18. The number of carbonyl (C=O) groups excluding carboxylic acids is 3. The Morgan fingerprint density at radius 3 is 0.906 bits per heavy atom. The fourth-order valence-electron chi connectivity index (χ4n) is 7.90. The van der Waals surface area contributed by atoms with Crippen molar-refractivity contribution in [2.24, 2.45) is 0 Å². The maximum Gasteiger partial charge on any atom is 0.306 e. The quantitative estimate of drug-likeness (QED) is 0.0262. The summed E-state index contributed by atoms with van der Waals surface area (Å²) in [5.74, 6) is -0.898. The van der Waals surface area contributed by atoms with Crippen LogP contribution in [0.2, 0.25) is 0 Å². The molecule has 0 unspecified atom stereocenters. The van der Waals surface area contributed by atoms with Gasteiger partial charge in [-0.25, -0.2) is 0 Å². The molecule has 0 spiro atoms. The number of rotatable bonds is 50. The van der Waals surface area contributed by atoms with Crippen LogP contribution < -0.4 is 0 Å². The van der Waals surface area contributed by atoms with Gasteiger partial charge in [0.25, 0.3) is 0 Å². The summed E-state index contributed by atoms with van der Waals surface area (Å²) >= 11 is 0. The van der Waals surface area contributed by atoms with Crippen LogP contribution in [-0.2, 0) is 28.6 Å². The van der Waals surface area contributed by atoms with Gasteiger partial charge in [0, 0.05) is 19.3 Å². The van der Waals surface area contributed by atoms with E-state index in [0.717, 1.165) is 83.5 Å².